The van der Waals surface area contributed by atoms with Crippen LogP contribution in [0.2, 0.25) is 0 Å². The van der Waals surface area contributed by atoms with Crippen LogP contribution < -0.4 is 0 Å². The molecule has 0 radical (unpaired) electrons. The Kier molecular flexibility index (Phi) is 4.45. The fraction of sp³-hybridized carbons (Fsp3) is 0.867. The van der Waals surface area contributed by atoms with E-state index in [9.17, 15) is 9.59 Å². The number of carbonyl (C=O) groups is 2. The number of ether oxygens (including phenoxy) is 2. The topological polar surface area (TPSA) is 76.1 Å². The van der Waals surface area contributed by atoms with E-state index < -0.39 is 11.9 Å². The van der Waals surface area contributed by atoms with E-state index in [4.69, 9.17) is 14.6 Å². The first-order valence-corrected chi connectivity index (χ1v) is 7.90. The van der Waals surface area contributed by atoms with Gasteiger partial charge in [-0.2, -0.15) is 0 Å². The largest absolute Gasteiger partial charge is 0.481 e. The van der Waals surface area contributed by atoms with Crippen LogP contribution in [0.3, 0.4) is 0 Å². The van der Waals surface area contributed by atoms with Crippen molar-refractivity contribution in [2.45, 2.75) is 44.3 Å². The number of carbonyl (C=O) groups excluding carboxylic acids is 1. The molecule has 1 amide bonds. The van der Waals surface area contributed by atoms with Crippen LogP contribution >= 0.6 is 0 Å². The molecule has 2 aliphatic heterocycles. The minimum Gasteiger partial charge on any atom is -0.481 e. The molecule has 3 fully saturated rings. The number of hydrogen-bond donors (Lipinski definition) is 1. The molecule has 1 saturated carbocycles. The molecule has 1 N–H and O–H groups in total. The number of carboxylic acid groups (broad SMARTS) is 1. The van der Waals surface area contributed by atoms with Crippen molar-refractivity contribution in [1.29, 1.82) is 0 Å². The normalized spacial score (nSPS) is 34.9. The van der Waals surface area contributed by atoms with E-state index in [0.717, 1.165) is 38.9 Å². The van der Waals surface area contributed by atoms with Gasteiger partial charge in [0.2, 0.25) is 5.91 Å². The summed E-state index contributed by atoms with van der Waals surface area (Å²) in [6.45, 7) is 2.66. The monoisotopic (exact) mass is 297 g/mol. The van der Waals surface area contributed by atoms with Crippen LogP contribution in [0.15, 0.2) is 0 Å². The summed E-state index contributed by atoms with van der Waals surface area (Å²) in [6.07, 6.45) is 4.68. The highest BCUT2D eigenvalue weighted by Crippen LogP contribution is 2.40. The Morgan fingerprint density at radius 2 is 1.57 bits per heavy atom. The SMILES string of the molecule is O=C(O)[C@H]1C[C@H]1C(=O)N(CC1CCCO1)CC1CCCO1. The molecule has 2 saturated heterocycles. The van der Waals surface area contributed by atoms with Gasteiger partial charge in [-0.1, -0.05) is 0 Å². The van der Waals surface area contributed by atoms with Crippen molar-refractivity contribution in [2.24, 2.45) is 11.8 Å². The summed E-state index contributed by atoms with van der Waals surface area (Å²) in [6, 6.07) is 0. The zero-order valence-corrected chi connectivity index (χ0v) is 12.2. The number of nitrogens with zero attached hydrogens (tertiary/aromatic N) is 1. The van der Waals surface area contributed by atoms with Gasteiger partial charge in [-0.3, -0.25) is 9.59 Å². The van der Waals surface area contributed by atoms with E-state index in [1.807, 2.05) is 0 Å². The van der Waals surface area contributed by atoms with Gasteiger partial charge in [0.15, 0.2) is 0 Å². The Bertz CT molecular complexity index is 383. The van der Waals surface area contributed by atoms with Crippen molar-refractivity contribution in [3.8, 4) is 0 Å². The number of amides is 1. The fourth-order valence-corrected chi connectivity index (χ4v) is 3.30. The molecular formula is C15H23NO5. The molecule has 118 valence electrons. The number of carboxylic acids is 1. The summed E-state index contributed by atoms with van der Waals surface area (Å²) in [5.41, 5.74) is 0. The lowest BCUT2D eigenvalue weighted by Gasteiger charge is -2.28. The minimum absolute atomic E-state index is 0.0339. The first-order chi connectivity index (χ1) is 10.1. The first-order valence-electron chi connectivity index (χ1n) is 7.90. The number of aliphatic carboxylic acids is 1. The van der Waals surface area contributed by atoms with Gasteiger partial charge in [0.1, 0.15) is 0 Å². The van der Waals surface area contributed by atoms with E-state index in [1.54, 1.807) is 4.90 Å². The van der Waals surface area contributed by atoms with Gasteiger partial charge in [-0.25, -0.2) is 0 Å². The van der Waals surface area contributed by atoms with Crippen LogP contribution in [-0.4, -0.2) is 60.4 Å². The van der Waals surface area contributed by atoms with E-state index >= 15 is 0 Å². The van der Waals surface area contributed by atoms with Crippen molar-refractivity contribution in [1.82, 2.24) is 4.90 Å². The standard InChI is InChI=1S/C15H23NO5/c17-14(12-7-13(12)15(18)19)16(8-10-3-1-5-20-10)9-11-4-2-6-21-11/h10-13H,1-9H2,(H,18,19)/t10?,11?,12-,13+/m1/s1. The Balaban J connectivity index is 1.59. The third-order valence-electron chi connectivity index (χ3n) is 4.63. The van der Waals surface area contributed by atoms with Crippen molar-refractivity contribution < 1.29 is 24.2 Å². The van der Waals surface area contributed by atoms with Crippen LogP contribution in [0.1, 0.15) is 32.1 Å². The Morgan fingerprint density at radius 1 is 1.00 bits per heavy atom. The summed E-state index contributed by atoms with van der Waals surface area (Å²) >= 11 is 0. The zero-order chi connectivity index (χ0) is 14.8. The molecule has 0 aromatic carbocycles. The van der Waals surface area contributed by atoms with E-state index in [1.165, 1.54) is 0 Å². The van der Waals surface area contributed by atoms with Crippen LogP contribution in [0.5, 0.6) is 0 Å². The second-order valence-corrected chi connectivity index (χ2v) is 6.30. The summed E-state index contributed by atoms with van der Waals surface area (Å²) in [5, 5.41) is 9.00. The maximum Gasteiger partial charge on any atom is 0.307 e. The Morgan fingerprint density at radius 3 is 1.95 bits per heavy atom. The van der Waals surface area contributed by atoms with Gasteiger partial charge in [-0.15, -0.1) is 0 Å². The average Bonchev–Trinajstić information content (AvgIpc) is 2.85. The summed E-state index contributed by atoms with van der Waals surface area (Å²) in [4.78, 5) is 25.3. The highest BCUT2D eigenvalue weighted by atomic mass is 16.5. The molecule has 0 aromatic heterocycles. The quantitative estimate of drug-likeness (QED) is 0.788. The molecule has 21 heavy (non-hydrogen) atoms. The lowest BCUT2D eigenvalue weighted by Crippen LogP contribution is -2.43. The van der Waals surface area contributed by atoms with E-state index in [-0.39, 0.29) is 24.0 Å². The zero-order valence-electron chi connectivity index (χ0n) is 12.2. The summed E-state index contributed by atoms with van der Waals surface area (Å²) < 4.78 is 11.2. The van der Waals surface area contributed by atoms with Crippen molar-refractivity contribution in [3.05, 3.63) is 0 Å². The van der Waals surface area contributed by atoms with Crippen molar-refractivity contribution in [3.63, 3.8) is 0 Å². The predicted molar refractivity (Wildman–Crippen MR) is 73.8 cm³/mol. The molecule has 0 aromatic rings. The molecular weight excluding hydrogens is 274 g/mol. The third kappa shape index (κ3) is 3.55. The Hall–Kier alpha value is -1.14. The molecule has 3 aliphatic rings. The van der Waals surface area contributed by atoms with Crippen molar-refractivity contribution >= 4 is 11.9 Å². The van der Waals surface area contributed by atoms with Gasteiger partial charge in [0, 0.05) is 26.3 Å². The van der Waals surface area contributed by atoms with Gasteiger partial charge in [0.25, 0.3) is 0 Å². The van der Waals surface area contributed by atoms with Crippen LogP contribution in [-0.2, 0) is 19.1 Å². The van der Waals surface area contributed by atoms with E-state index in [2.05, 4.69) is 0 Å². The van der Waals surface area contributed by atoms with Crippen LogP contribution in [0.4, 0.5) is 0 Å². The second kappa shape index (κ2) is 6.32. The third-order valence-corrected chi connectivity index (χ3v) is 4.63. The van der Waals surface area contributed by atoms with Crippen molar-refractivity contribution in [2.75, 3.05) is 26.3 Å². The van der Waals surface area contributed by atoms with E-state index in [0.29, 0.717) is 19.5 Å². The second-order valence-electron chi connectivity index (χ2n) is 6.30. The molecule has 2 unspecified atom stereocenters. The highest BCUT2D eigenvalue weighted by Gasteiger charge is 2.50. The molecule has 6 heteroatoms. The van der Waals surface area contributed by atoms with Crippen LogP contribution in [0, 0.1) is 11.8 Å². The fourth-order valence-electron chi connectivity index (χ4n) is 3.30. The number of hydrogen-bond acceptors (Lipinski definition) is 4. The molecule has 6 nitrogen and oxygen atoms in total. The van der Waals surface area contributed by atoms with Gasteiger partial charge >= 0.3 is 5.97 Å². The highest BCUT2D eigenvalue weighted by molar-refractivity contribution is 5.89. The van der Waals surface area contributed by atoms with Crippen LogP contribution in [0.25, 0.3) is 0 Å². The maximum atomic E-state index is 12.5. The number of rotatable bonds is 6. The lowest BCUT2D eigenvalue weighted by atomic mass is 10.1. The smallest absolute Gasteiger partial charge is 0.307 e. The first kappa shape index (κ1) is 14.8. The molecule has 3 rings (SSSR count). The Labute approximate surface area is 124 Å². The minimum atomic E-state index is -0.859. The lowest BCUT2D eigenvalue weighted by molar-refractivity contribution is -0.143. The molecule has 0 spiro atoms. The summed E-state index contributed by atoms with van der Waals surface area (Å²) in [5.74, 6) is -1.73. The molecule has 4 atom stereocenters. The molecule has 0 bridgehead atoms. The van der Waals surface area contributed by atoms with Gasteiger partial charge < -0.3 is 19.5 Å². The summed E-state index contributed by atoms with van der Waals surface area (Å²) in [7, 11) is 0. The van der Waals surface area contributed by atoms with Gasteiger partial charge in [0.05, 0.1) is 24.0 Å². The molecule has 2 heterocycles. The van der Waals surface area contributed by atoms with Gasteiger partial charge in [-0.05, 0) is 32.1 Å². The predicted octanol–water partition coefficient (Wildman–Crippen LogP) is 0.894. The average molecular weight is 297 g/mol. The maximum absolute atomic E-state index is 12.5. The molecule has 1 aliphatic carbocycles.